The molecule has 0 atom stereocenters. The van der Waals surface area contributed by atoms with E-state index in [9.17, 15) is 4.79 Å². The second kappa shape index (κ2) is 7.17. The van der Waals surface area contributed by atoms with Crippen LogP contribution in [0.25, 0.3) is 11.0 Å². The third-order valence-electron chi connectivity index (χ3n) is 5.11. The second-order valence-electron chi connectivity index (χ2n) is 6.84. The third kappa shape index (κ3) is 3.08. The quantitative estimate of drug-likeness (QED) is 0.500. The number of hydrogen-bond donors (Lipinski definition) is 1. The van der Waals surface area contributed by atoms with Crippen LogP contribution in [0.3, 0.4) is 0 Å². The maximum Gasteiger partial charge on any atom is 0.258 e. The number of carbonyl (C=O) groups excluding carboxylic acids is 1. The van der Waals surface area contributed by atoms with Gasteiger partial charge in [0.05, 0.1) is 11.0 Å². The molecule has 5 rings (SSSR count). The number of benzene rings is 3. The van der Waals surface area contributed by atoms with E-state index in [0.717, 1.165) is 46.0 Å². The molecule has 1 aromatic heterocycles. The average Bonchev–Trinajstić information content (AvgIpc) is 3.36. The molecule has 0 bridgehead atoms. The Balaban J connectivity index is 1.39. The highest BCUT2D eigenvalue weighted by Gasteiger charge is 2.26. The Labute approximate surface area is 167 Å². The van der Waals surface area contributed by atoms with Crippen LogP contribution in [-0.2, 0) is 12.2 Å². The summed E-state index contributed by atoms with van der Waals surface area (Å²) in [4.78, 5) is 23.1. The lowest BCUT2D eigenvalue weighted by Crippen LogP contribution is -2.29. The fraction of sp³-hybridized carbons (Fsp3) is 0.130. The van der Waals surface area contributed by atoms with Gasteiger partial charge in [-0.05, 0) is 41.8 Å². The molecule has 0 aliphatic carbocycles. The Kier molecular flexibility index (Phi) is 4.37. The third-order valence-corrected chi connectivity index (χ3v) is 6.03. The zero-order chi connectivity index (χ0) is 18.9. The molecule has 0 saturated heterocycles. The molecule has 4 aromatic rings. The van der Waals surface area contributed by atoms with Gasteiger partial charge in [0.15, 0.2) is 5.16 Å². The Hall–Kier alpha value is -3.05. The van der Waals surface area contributed by atoms with Gasteiger partial charge in [-0.3, -0.25) is 4.79 Å². The smallest absolute Gasteiger partial charge is 0.258 e. The lowest BCUT2D eigenvalue weighted by Gasteiger charge is -2.19. The minimum Gasteiger partial charge on any atom is -0.333 e. The summed E-state index contributed by atoms with van der Waals surface area (Å²) in [6.45, 7) is 0.739. The number of nitrogens with zero attached hydrogens (tertiary/aromatic N) is 2. The summed E-state index contributed by atoms with van der Waals surface area (Å²) in [7, 11) is 0. The van der Waals surface area contributed by atoms with Crippen molar-refractivity contribution >= 4 is 34.4 Å². The molecule has 28 heavy (non-hydrogen) atoms. The maximum absolute atomic E-state index is 13.3. The molecule has 0 saturated carbocycles. The van der Waals surface area contributed by atoms with E-state index in [2.05, 4.69) is 16.0 Å². The average molecular weight is 385 g/mol. The lowest BCUT2D eigenvalue weighted by molar-refractivity contribution is 0.0988. The van der Waals surface area contributed by atoms with Crippen molar-refractivity contribution in [2.45, 2.75) is 17.3 Å². The molecule has 1 N–H and O–H groups in total. The van der Waals surface area contributed by atoms with Crippen molar-refractivity contribution in [1.29, 1.82) is 0 Å². The number of nitrogens with one attached hydrogen (secondary N) is 1. The van der Waals surface area contributed by atoms with Crippen LogP contribution in [0, 0.1) is 0 Å². The first kappa shape index (κ1) is 17.1. The summed E-state index contributed by atoms with van der Waals surface area (Å²) >= 11 is 1.62. The minimum absolute atomic E-state index is 0.0748. The van der Waals surface area contributed by atoms with Crippen LogP contribution in [0.5, 0.6) is 0 Å². The van der Waals surface area contributed by atoms with Gasteiger partial charge in [0.2, 0.25) is 0 Å². The molecule has 0 radical (unpaired) electrons. The Morgan fingerprint density at radius 1 is 1.00 bits per heavy atom. The van der Waals surface area contributed by atoms with Crippen LogP contribution >= 0.6 is 11.8 Å². The predicted octanol–water partition coefficient (Wildman–Crippen LogP) is 5.06. The summed E-state index contributed by atoms with van der Waals surface area (Å²) in [5.41, 5.74) is 6.06. The molecule has 138 valence electrons. The highest BCUT2D eigenvalue weighted by Crippen LogP contribution is 2.31. The fourth-order valence-corrected chi connectivity index (χ4v) is 4.58. The first-order chi connectivity index (χ1) is 13.8. The SMILES string of the molecule is O=C(c1ccccc1CSc1nc2ccccc2[nH]1)N1CCc2ccccc21. The molecule has 1 aliphatic heterocycles. The summed E-state index contributed by atoms with van der Waals surface area (Å²) in [5, 5.41) is 0.870. The molecule has 5 heteroatoms. The summed E-state index contributed by atoms with van der Waals surface area (Å²) in [6.07, 6.45) is 0.914. The number of para-hydroxylation sites is 3. The molecule has 2 heterocycles. The molecule has 1 amide bonds. The van der Waals surface area contributed by atoms with Gasteiger partial charge in [0.25, 0.3) is 5.91 Å². The first-order valence-corrected chi connectivity index (χ1v) is 10.3. The molecule has 0 spiro atoms. The minimum atomic E-state index is 0.0748. The van der Waals surface area contributed by atoms with E-state index < -0.39 is 0 Å². The Bertz CT molecular complexity index is 1130. The van der Waals surface area contributed by atoms with Gasteiger partial charge in [0, 0.05) is 23.5 Å². The van der Waals surface area contributed by atoms with E-state index in [1.807, 2.05) is 71.6 Å². The van der Waals surface area contributed by atoms with Crippen molar-refractivity contribution in [2.75, 3.05) is 11.4 Å². The number of aromatic nitrogens is 2. The molecule has 4 nitrogen and oxygen atoms in total. The van der Waals surface area contributed by atoms with Gasteiger partial charge in [-0.25, -0.2) is 4.98 Å². The van der Waals surface area contributed by atoms with Crippen LogP contribution in [0.1, 0.15) is 21.5 Å². The number of aromatic amines is 1. The van der Waals surface area contributed by atoms with E-state index in [1.54, 1.807) is 11.8 Å². The van der Waals surface area contributed by atoms with E-state index >= 15 is 0 Å². The zero-order valence-electron chi connectivity index (χ0n) is 15.3. The standard InChI is InChI=1S/C23H19N3OS/c27-22(26-14-13-16-7-2-6-12-21(16)26)18-9-3-1-8-17(18)15-28-23-24-19-10-4-5-11-20(19)25-23/h1-12H,13-15H2,(H,24,25). The van der Waals surface area contributed by atoms with Crippen molar-refractivity contribution in [3.05, 3.63) is 89.5 Å². The van der Waals surface area contributed by atoms with E-state index in [0.29, 0.717) is 5.75 Å². The van der Waals surface area contributed by atoms with Gasteiger partial charge in [-0.15, -0.1) is 0 Å². The van der Waals surface area contributed by atoms with Gasteiger partial charge in [-0.1, -0.05) is 60.3 Å². The van der Waals surface area contributed by atoms with Crippen molar-refractivity contribution in [2.24, 2.45) is 0 Å². The zero-order valence-corrected chi connectivity index (χ0v) is 16.1. The monoisotopic (exact) mass is 385 g/mol. The number of thioether (sulfide) groups is 1. The van der Waals surface area contributed by atoms with Crippen LogP contribution in [-0.4, -0.2) is 22.4 Å². The highest BCUT2D eigenvalue weighted by molar-refractivity contribution is 7.98. The number of carbonyl (C=O) groups is 1. The van der Waals surface area contributed by atoms with E-state index in [4.69, 9.17) is 0 Å². The normalized spacial score (nSPS) is 13.1. The number of imidazole rings is 1. The van der Waals surface area contributed by atoms with Gasteiger partial charge in [-0.2, -0.15) is 0 Å². The number of amides is 1. The first-order valence-electron chi connectivity index (χ1n) is 9.35. The number of hydrogen-bond acceptors (Lipinski definition) is 3. The van der Waals surface area contributed by atoms with Crippen molar-refractivity contribution in [3.63, 3.8) is 0 Å². The predicted molar refractivity (Wildman–Crippen MR) is 114 cm³/mol. The summed E-state index contributed by atoms with van der Waals surface area (Å²) < 4.78 is 0. The van der Waals surface area contributed by atoms with Crippen molar-refractivity contribution in [1.82, 2.24) is 9.97 Å². The lowest BCUT2D eigenvalue weighted by atomic mass is 10.1. The fourth-order valence-electron chi connectivity index (χ4n) is 3.69. The Morgan fingerprint density at radius 3 is 2.71 bits per heavy atom. The van der Waals surface area contributed by atoms with Gasteiger partial charge >= 0.3 is 0 Å². The van der Waals surface area contributed by atoms with E-state index in [-0.39, 0.29) is 5.91 Å². The number of H-pyrrole nitrogens is 1. The second-order valence-corrected chi connectivity index (χ2v) is 7.80. The molecular formula is C23H19N3OS. The molecular weight excluding hydrogens is 366 g/mol. The van der Waals surface area contributed by atoms with E-state index in [1.165, 1.54) is 5.56 Å². The highest BCUT2D eigenvalue weighted by atomic mass is 32.2. The van der Waals surface area contributed by atoms with Crippen LogP contribution in [0.2, 0.25) is 0 Å². The van der Waals surface area contributed by atoms with Crippen LogP contribution < -0.4 is 4.90 Å². The van der Waals surface area contributed by atoms with Crippen molar-refractivity contribution in [3.8, 4) is 0 Å². The summed E-state index contributed by atoms with van der Waals surface area (Å²) in [5.74, 6) is 0.766. The Morgan fingerprint density at radius 2 is 1.79 bits per heavy atom. The molecule has 0 unspecified atom stereocenters. The molecule has 0 fully saturated rings. The van der Waals surface area contributed by atoms with Gasteiger partial charge < -0.3 is 9.88 Å². The number of anilines is 1. The molecule has 3 aromatic carbocycles. The topological polar surface area (TPSA) is 49.0 Å². The van der Waals surface area contributed by atoms with Crippen molar-refractivity contribution < 1.29 is 4.79 Å². The van der Waals surface area contributed by atoms with Crippen LogP contribution in [0.15, 0.2) is 78.0 Å². The largest absolute Gasteiger partial charge is 0.333 e. The van der Waals surface area contributed by atoms with Crippen LogP contribution in [0.4, 0.5) is 5.69 Å². The number of rotatable bonds is 4. The number of fused-ring (bicyclic) bond motifs is 2. The molecule has 1 aliphatic rings. The van der Waals surface area contributed by atoms with Gasteiger partial charge in [0.1, 0.15) is 0 Å². The summed E-state index contributed by atoms with van der Waals surface area (Å²) in [6, 6.07) is 24.1. The maximum atomic E-state index is 13.3.